The molecule has 106 valence electrons. The normalized spacial score (nSPS) is 22.8. The van der Waals surface area contributed by atoms with Crippen LogP contribution in [0.1, 0.15) is 18.9 Å². The van der Waals surface area contributed by atoms with Gasteiger partial charge in [-0.05, 0) is 31.0 Å². The fraction of sp³-hybridized carbons (Fsp3) is 0.571. The maximum Gasteiger partial charge on any atom is 0.137 e. The molecule has 5 heteroatoms. The molecular formula is C14H20ClNO3. The predicted octanol–water partition coefficient (Wildman–Crippen LogP) is 1.93. The van der Waals surface area contributed by atoms with Crippen LogP contribution in [0, 0.1) is 0 Å². The molecule has 0 aliphatic carbocycles. The van der Waals surface area contributed by atoms with E-state index in [1.807, 2.05) is 6.07 Å². The monoisotopic (exact) mass is 285 g/mol. The molecule has 1 heterocycles. The number of rotatable bonds is 4. The average molecular weight is 286 g/mol. The summed E-state index contributed by atoms with van der Waals surface area (Å²) < 4.78 is 10.6. The lowest BCUT2D eigenvalue weighted by Gasteiger charge is -2.32. The van der Waals surface area contributed by atoms with Gasteiger partial charge >= 0.3 is 0 Å². The number of aliphatic hydroxyl groups is 1. The van der Waals surface area contributed by atoms with Gasteiger partial charge in [-0.2, -0.15) is 0 Å². The van der Waals surface area contributed by atoms with E-state index in [2.05, 4.69) is 5.32 Å². The molecule has 1 aromatic rings. The van der Waals surface area contributed by atoms with Gasteiger partial charge in [0, 0.05) is 12.6 Å². The van der Waals surface area contributed by atoms with Crippen LogP contribution in [0.2, 0.25) is 5.02 Å². The Labute approximate surface area is 118 Å². The summed E-state index contributed by atoms with van der Waals surface area (Å²) in [6.07, 6.45) is 0.581. The van der Waals surface area contributed by atoms with Crippen LogP contribution >= 0.6 is 11.6 Å². The van der Waals surface area contributed by atoms with Crippen molar-refractivity contribution >= 4 is 11.6 Å². The third-order valence-corrected chi connectivity index (χ3v) is 3.73. The number of nitrogens with one attached hydrogen (secondary N) is 1. The molecule has 2 rings (SSSR count). The van der Waals surface area contributed by atoms with Crippen LogP contribution in [0.4, 0.5) is 0 Å². The van der Waals surface area contributed by atoms with E-state index in [9.17, 15) is 5.11 Å². The highest BCUT2D eigenvalue weighted by Gasteiger charge is 2.29. The molecule has 0 amide bonds. The predicted molar refractivity (Wildman–Crippen MR) is 74.8 cm³/mol. The quantitative estimate of drug-likeness (QED) is 0.888. The minimum atomic E-state index is -0.948. The van der Waals surface area contributed by atoms with Gasteiger partial charge in [0.15, 0.2) is 0 Å². The van der Waals surface area contributed by atoms with Gasteiger partial charge in [-0.3, -0.25) is 0 Å². The van der Waals surface area contributed by atoms with Crippen molar-refractivity contribution in [3.63, 3.8) is 0 Å². The fourth-order valence-electron chi connectivity index (χ4n) is 2.34. The number of hydrogen-bond acceptors (Lipinski definition) is 4. The second-order valence-corrected chi connectivity index (χ2v) is 5.46. The summed E-state index contributed by atoms with van der Waals surface area (Å²) in [4.78, 5) is 0. The van der Waals surface area contributed by atoms with Crippen LogP contribution in [0.5, 0.6) is 5.75 Å². The molecule has 0 spiro atoms. The summed E-state index contributed by atoms with van der Waals surface area (Å²) in [5, 5.41) is 14.5. The SMILES string of the molecule is COc1cc(C(C)(O)CC2COCCN2)ccc1Cl. The topological polar surface area (TPSA) is 50.7 Å². The second kappa shape index (κ2) is 6.09. The number of methoxy groups -OCH3 is 1. The third-order valence-electron chi connectivity index (χ3n) is 3.42. The van der Waals surface area contributed by atoms with Crippen LogP contribution in [0.3, 0.4) is 0 Å². The fourth-order valence-corrected chi connectivity index (χ4v) is 2.54. The van der Waals surface area contributed by atoms with Crippen molar-refractivity contribution in [3.05, 3.63) is 28.8 Å². The Morgan fingerprint density at radius 2 is 2.37 bits per heavy atom. The Kier molecular flexibility index (Phi) is 4.68. The molecule has 1 fully saturated rings. The Bertz CT molecular complexity index is 431. The maximum absolute atomic E-state index is 10.7. The van der Waals surface area contributed by atoms with Crippen molar-refractivity contribution in [2.75, 3.05) is 26.9 Å². The number of halogens is 1. The average Bonchev–Trinajstić information content (AvgIpc) is 2.39. The summed E-state index contributed by atoms with van der Waals surface area (Å²) in [5.74, 6) is 0.576. The van der Waals surface area contributed by atoms with Crippen LogP contribution in [-0.4, -0.2) is 38.0 Å². The zero-order valence-corrected chi connectivity index (χ0v) is 12.0. The molecule has 1 aromatic carbocycles. The van der Waals surface area contributed by atoms with Gasteiger partial charge < -0.3 is 19.9 Å². The molecule has 0 bridgehead atoms. The van der Waals surface area contributed by atoms with Gasteiger partial charge in [0.1, 0.15) is 5.75 Å². The molecule has 2 N–H and O–H groups in total. The van der Waals surface area contributed by atoms with Gasteiger partial charge in [-0.1, -0.05) is 17.7 Å². The molecule has 1 aliphatic rings. The van der Waals surface area contributed by atoms with E-state index in [4.69, 9.17) is 21.1 Å². The Hall–Kier alpha value is -0.810. The molecule has 4 nitrogen and oxygen atoms in total. The first-order chi connectivity index (χ1) is 9.03. The van der Waals surface area contributed by atoms with Gasteiger partial charge in [-0.25, -0.2) is 0 Å². The summed E-state index contributed by atoms with van der Waals surface area (Å²) in [5.41, 5.74) is -0.155. The van der Waals surface area contributed by atoms with Gasteiger partial charge in [0.25, 0.3) is 0 Å². The Balaban J connectivity index is 2.13. The van der Waals surface area contributed by atoms with E-state index in [0.29, 0.717) is 23.8 Å². The van der Waals surface area contributed by atoms with Gasteiger partial charge in [0.2, 0.25) is 0 Å². The minimum Gasteiger partial charge on any atom is -0.495 e. The second-order valence-electron chi connectivity index (χ2n) is 5.05. The maximum atomic E-state index is 10.7. The number of morpholine rings is 1. The molecule has 0 saturated carbocycles. The highest BCUT2D eigenvalue weighted by atomic mass is 35.5. The van der Waals surface area contributed by atoms with Crippen molar-refractivity contribution in [2.24, 2.45) is 0 Å². The first-order valence-electron chi connectivity index (χ1n) is 6.40. The lowest BCUT2D eigenvalue weighted by atomic mass is 9.89. The van der Waals surface area contributed by atoms with Crippen molar-refractivity contribution in [1.29, 1.82) is 0 Å². The summed E-state index contributed by atoms with van der Waals surface area (Å²) in [6.45, 7) is 3.98. The van der Waals surface area contributed by atoms with Gasteiger partial charge in [0.05, 0.1) is 30.9 Å². The molecule has 1 aliphatic heterocycles. The zero-order valence-electron chi connectivity index (χ0n) is 11.3. The molecule has 19 heavy (non-hydrogen) atoms. The molecule has 2 atom stereocenters. The minimum absolute atomic E-state index is 0.158. The van der Waals surface area contributed by atoms with Crippen LogP contribution in [0.15, 0.2) is 18.2 Å². The zero-order chi connectivity index (χ0) is 13.9. The van der Waals surface area contributed by atoms with Crippen LogP contribution < -0.4 is 10.1 Å². The first-order valence-corrected chi connectivity index (χ1v) is 6.78. The molecular weight excluding hydrogens is 266 g/mol. The van der Waals surface area contributed by atoms with E-state index in [1.165, 1.54) is 0 Å². The molecule has 2 unspecified atom stereocenters. The van der Waals surface area contributed by atoms with E-state index >= 15 is 0 Å². The standard InChI is InChI=1S/C14H20ClNO3/c1-14(17,8-11-9-19-6-5-16-11)10-3-4-12(15)13(7-10)18-2/h3-4,7,11,16-17H,5-6,8-9H2,1-2H3. The summed E-state index contributed by atoms with van der Waals surface area (Å²) in [6, 6.07) is 5.51. The number of benzene rings is 1. The van der Waals surface area contributed by atoms with Crippen molar-refractivity contribution in [3.8, 4) is 5.75 Å². The molecule has 0 aromatic heterocycles. The van der Waals surface area contributed by atoms with E-state index in [-0.39, 0.29) is 6.04 Å². The Morgan fingerprint density at radius 3 is 3.00 bits per heavy atom. The lowest BCUT2D eigenvalue weighted by molar-refractivity contribution is 0.00311. The summed E-state index contributed by atoms with van der Waals surface area (Å²) in [7, 11) is 1.57. The van der Waals surface area contributed by atoms with E-state index in [0.717, 1.165) is 18.7 Å². The highest BCUT2D eigenvalue weighted by molar-refractivity contribution is 6.32. The smallest absolute Gasteiger partial charge is 0.137 e. The van der Waals surface area contributed by atoms with E-state index in [1.54, 1.807) is 26.2 Å². The van der Waals surface area contributed by atoms with Gasteiger partial charge in [-0.15, -0.1) is 0 Å². The van der Waals surface area contributed by atoms with Crippen LogP contribution in [-0.2, 0) is 10.3 Å². The molecule has 0 radical (unpaired) electrons. The third kappa shape index (κ3) is 3.60. The van der Waals surface area contributed by atoms with Crippen molar-refractivity contribution in [1.82, 2.24) is 5.32 Å². The van der Waals surface area contributed by atoms with Crippen molar-refractivity contribution < 1.29 is 14.6 Å². The Morgan fingerprint density at radius 1 is 1.58 bits per heavy atom. The number of hydrogen-bond donors (Lipinski definition) is 2. The molecule has 1 saturated heterocycles. The van der Waals surface area contributed by atoms with Crippen molar-refractivity contribution in [2.45, 2.75) is 25.0 Å². The van der Waals surface area contributed by atoms with E-state index < -0.39 is 5.60 Å². The largest absolute Gasteiger partial charge is 0.495 e. The summed E-state index contributed by atoms with van der Waals surface area (Å²) >= 11 is 6.00. The first kappa shape index (κ1) is 14.6. The lowest BCUT2D eigenvalue weighted by Crippen LogP contribution is -2.45. The highest BCUT2D eigenvalue weighted by Crippen LogP contribution is 2.33. The van der Waals surface area contributed by atoms with Crippen LogP contribution in [0.25, 0.3) is 0 Å². The number of ether oxygens (including phenoxy) is 2.